The number of rotatable bonds is 3. The van der Waals surface area contributed by atoms with E-state index in [1.807, 2.05) is 18.2 Å². The van der Waals surface area contributed by atoms with Gasteiger partial charge < -0.3 is 0 Å². The number of benzene rings is 1. The van der Waals surface area contributed by atoms with Gasteiger partial charge in [0.1, 0.15) is 0 Å². The van der Waals surface area contributed by atoms with Crippen LogP contribution in [0, 0.1) is 0 Å². The van der Waals surface area contributed by atoms with Crippen molar-refractivity contribution >= 4 is 5.78 Å². The van der Waals surface area contributed by atoms with Gasteiger partial charge in [0.2, 0.25) is 0 Å². The van der Waals surface area contributed by atoms with E-state index in [9.17, 15) is 4.79 Å². The maximum Gasteiger partial charge on any atom is 0.167 e. The molecule has 0 fully saturated rings. The molecular formula is C19H24O. The predicted octanol–water partition coefficient (Wildman–Crippen LogP) is 5.22. The molecule has 0 atom stereocenters. The van der Waals surface area contributed by atoms with Crippen molar-refractivity contribution in [3.63, 3.8) is 0 Å². The second kappa shape index (κ2) is 5.40. The Morgan fingerprint density at radius 2 is 1.80 bits per heavy atom. The maximum absolute atomic E-state index is 12.7. The first-order valence-electron chi connectivity index (χ1n) is 7.29. The van der Waals surface area contributed by atoms with E-state index >= 15 is 0 Å². The molecule has 0 amide bonds. The zero-order chi connectivity index (χ0) is 14.9. The third kappa shape index (κ3) is 2.92. The van der Waals surface area contributed by atoms with Gasteiger partial charge >= 0.3 is 0 Å². The second-order valence-corrected chi connectivity index (χ2v) is 6.72. The van der Waals surface area contributed by atoms with Gasteiger partial charge in [-0.25, -0.2) is 0 Å². The Hall–Kier alpha value is -1.63. The number of hydrogen-bond acceptors (Lipinski definition) is 1. The van der Waals surface area contributed by atoms with Crippen LogP contribution in [0.15, 0.2) is 47.1 Å². The van der Waals surface area contributed by atoms with Crippen LogP contribution >= 0.6 is 0 Å². The molecule has 106 valence electrons. The van der Waals surface area contributed by atoms with E-state index in [4.69, 9.17) is 0 Å². The molecule has 1 aromatic carbocycles. The quantitative estimate of drug-likeness (QED) is 0.686. The Morgan fingerprint density at radius 1 is 1.15 bits per heavy atom. The van der Waals surface area contributed by atoms with Crippen molar-refractivity contribution in [3.8, 4) is 0 Å². The predicted molar refractivity (Wildman–Crippen MR) is 85.2 cm³/mol. The zero-order valence-corrected chi connectivity index (χ0v) is 13.2. The van der Waals surface area contributed by atoms with E-state index in [0.717, 1.165) is 17.5 Å². The molecule has 0 unspecified atom stereocenters. The van der Waals surface area contributed by atoms with Gasteiger partial charge in [0.25, 0.3) is 0 Å². The third-order valence-electron chi connectivity index (χ3n) is 4.19. The molecule has 1 aromatic rings. The molecule has 0 spiro atoms. The Bertz CT molecular complexity index is 594. The summed E-state index contributed by atoms with van der Waals surface area (Å²) in [7, 11) is 0. The standard InChI is InChI=1S/C19H24O/c1-13-10-11-15(14(13)2)12-18(20)16-8-6-7-9-17(16)19(3,4)5/h6-10H,11-12H2,1-5H3. The molecule has 1 aliphatic carbocycles. The van der Waals surface area contributed by atoms with Crippen molar-refractivity contribution in [3.05, 3.63) is 58.2 Å². The molecule has 0 aromatic heterocycles. The van der Waals surface area contributed by atoms with Gasteiger partial charge in [-0.1, -0.05) is 62.3 Å². The zero-order valence-electron chi connectivity index (χ0n) is 13.2. The normalized spacial score (nSPS) is 15.6. The van der Waals surface area contributed by atoms with Crippen molar-refractivity contribution in [2.75, 3.05) is 0 Å². The molecular weight excluding hydrogens is 244 g/mol. The Kier molecular flexibility index (Phi) is 3.99. The van der Waals surface area contributed by atoms with E-state index in [1.54, 1.807) is 0 Å². The lowest BCUT2D eigenvalue weighted by molar-refractivity contribution is 0.0990. The van der Waals surface area contributed by atoms with Crippen molar-refractivity contribution < 1.29 is 4.79 Å². The minimum absolute atomic E-state index is 0.000475. The first-order chi connectivity index (χ1) is 9.30. The summed E-state index contributed by atoms with van der Waals surface area (Å²) < 4.78 is 0. The van der Waals surface area contributed by atoms with Crippen molar-refractivity contribution in [2.45, 2.75) is 52.9 Å². The molecule has 0 radical (unpaired) electrons. The Labute approximate surface area is 122 Å². The van der Waals surface area contributed by atoms with Crippen LogP contribution in [-0.4, -0.2) is 5.78 Å². The van der Waals surface area contributed by atoms with E-state index in [2.05, 4.69) is 46.8 Å². The van der Waals surface area contributed by atoms with Gasteiger partial charge in [-0.3, -0.25) is 4.79 Å². The van der Waals surface area contributed by atoms with Gasteiger partial charge in [0.05, 0.1) is 0 Å². The summed E-state index contributed by atoms with van der Waals surface area (Å²) in [5.41, 5.74) is 5.91. The molecule has 0 saturated carbocycles. The molecule has 1 nitrogen and oxygen atoms in total. The highest BCUT2D eigenvalue weighted by molar-refractivity contribution is 5.99. The summed E-state index contributed by atoms with van der Waals surface area (Å²) in [4.78, 5) is 12.7. The molecule has 0 saturated heterocycles. The fourth-order valence-electron chi connectivity index (χ4n) is 2.74. The lowest BCUT2D eigenvalue weighted by Gasteiger charge is -2.22. The van der Waals surface area contributed by atoms with Crippen LogP contribution in [0.3, 0.4) is 0 Å². The van der Waals surface area contributed by atoms with Crippen molar-refractivity contribution in [1.29, 1.82) is 0 Å². The molecule has 0 bridgehead atoms. The molecule has 2 rings (SSSR count). The number of allylic oxidation sites excluding steroid dienone is 4. The van der Waals surface area contributed by atoms with Gasteiger partial charge in [0, 0.05) is 12.0 Å². The molecule has 1 aliphatic rings. The number of ketones is 1. The summed E-state index contributed by atoms with van der Waals surface area (Å²) in [6.45, 7) is 10.7. The third-order valence-corrected chi connectivity index (χ3v) is 4.19. The van der Waals surface area contributed by atoms with E-state index in [0.29, 0.717) is 6.42 Å². The summed E-state index contributed by atoms with van der Waals surface area (Å²) >= 11 is 0. The fourth-order valence-corrected chi connectivity index (χ4v) is 2.74. The van der Waals surface area contributed by atoms with Gasteiger partial charge in [0.15, 0.2) is 5.78 Å². The Balaban J connectivity index is 2.28. The maximum atomic E-state index is 12.7. The first-order valence-corrected chi connectivity index (χ1v) is 7.29. The monoisotopic (exact) mass is 268 g/mol. The van der Waals surface area contributed by atoms with Crippen LogP contribution in [0.25, 0.3) is 0 Å². The average molecular weight is 268 g/mol. The number of Topliss-reactive ketones (excluding diaryl/α,β-unsaturated/α-hetero) is 1. The largest absolute Gasteiger partial charge is 0.294 e. The van der Waals surface area contributed by atoms with Crippen LogP contribution in [0.1, 0.15) is 63.4 Å². The van der Waals surface area contributed by atoms with Crippen molar-refractivity contribution in [2.24, 2.45) is 0 Å². The smallest absolute Gasteiger partial charge is 0.167 e. The summed E-state index contributed by atoms with van der Waals surface area (Å²) in [5.74, 6) is 0.243. The second-order valence-electron chi connectivity index (χ2n) is 6.72. The number of hydrogen-bond donors (Lipinski definition) is 0. The lowest BCUT2D eigenvalue weighted by atomic mass is 9.82. The van der Waals surface area contributed by atoms with Crippen LogP contribution in [0.4, 0.5) is 0 Å². The van der Waals surface area contributed by atoms with Crippen LogP contribution < -0.4 is 0 Å². The van der Waals surface area contributed by atoms with Crippen molar-refractivity contribution in [1.82, 2.24) is 0 Å². The first kappa shape index (κ1) is 14.8. The summed E-state index contributed by atoms with van der Waals surface area (Å²) in [6, 6.07) is 8.02. The molecule has 0 heterocycles. The SMILES string of the molecule is CC1=CCC(CC(=O)c2ccccc2C(C)(C)C)=C1C. The van der Waals surface area contributed by atoms with Gasteiger partial charge in [-0.2, -0.15) is 0 Å². The van der Waals surface area contributed by atoms with E-state index in [1.165, 1.54) is 16.7 Å². The van der Waals surface area contributed by atoms with Crippen LogP contribution in [-0.2, 0) is 5.41 Å². The number of carbonyl (C=O) groups excluding carboxylic acids is 1. The molecule has 20 heavy (non-hydrogen) atoms. The van der Waals surface area contributed by atoms with Gasteiger partial charge in [-0.05, 0) is 36.8 Å². The minimum atomic E-state index is -0.000475. The molecule has 0 N–H and O–H groups in total. The highest BCUT2D eigenvalue weighted by Gasteiger charge is 2.22. The topological polar surface area (TPSA) is 17.1 Å². The van der Waals surface area contributed by atoms with Crippen LogP contribution in [0.2, 0.25) is 0 Å². The molecule has 0 aliphatic heterocycles. The summed E-state index contributed by atoms with van der Waals surface area (Å²) in [5, 5.41) is 0. The average Bonchev–Trinajstić information content (AvgIpc) is 2.70. The van der Waals surface area contributed by atoms with E-state index in [-0.39, 0.29) is 11.2 Å². The highest BCUT2D eigenvalue weighted by atomic mass is 16.1. The lowest BCUT2D eigenvalue weighted by Crippen LogP contribution is -2.17. The fraction of sp³-hybridized carbons (Fsp3) is 0.421. The highest BCUT2D eigenvalue weighted by Crippen LogP contribution is 2.31. The van der Waals surface area contributed by atoms with Crippen LogP contribution in [0.5, 0.6) is 0 Å². The Morgan fingerprint density at radius 3 is 2.35 bits per heavy atom. The van der Waals surface area contributed by atoms with E-state index < -0.39 is 0 Å². The van der Waals surface area contributed by atoms with Gasteiger partial charge in [-0.15, -0.1) is 0 Å². The number of carbonyl (C=O) groups is 1. The summed E-state index contributed by atoms with van der Waals surface area (Å²) in [6.07, 6.45) is 3.70. The minimum Gasteiger partial charge on any atom is -0.294 e. The molecule has 1 heteroatoms.